The molecule has 0 amide bonds. The fourth-order valence-corrected chi connectivity index (χ4v) is 8.43. The van der Waals surface area contributed by atoms with Crippen molar-refractivity contribution in [3.05, 3.63) is 218 Å². The zero-order chi connectivity index (χ0) is 38.4. The number of benzene rings is 10. The molecule has 10 aromatic carbocycles. The van der Waals surface area contributed by atoms with E-state index in [1.165, 1.54) is 33.0 Å². The standard InChI is InChI=1S/C55H36N2O/c1-4-15-38(16-5-1)47-32-30-46(36-50(47)39-17-6-2-7-18-39)57(45-21-8-3-9-22-45)54-48-23-13-12-19-40(48)28-31-49(54)43-26-25-41-29-33-52-53(51(41)35-43)56-55(58-52)44-27-24-37-14-10-11-20-42(37)34-44/h1-36H. The summed E-state index contributed by atoms with van der Waals surface area (Å²) < 4.78 is 6.46. The monoisotopic (exact) mass is 740 g/mol. The van der Waals surface area contributed by atoms with Crippen molar-refractivity contribution in [3.63, 3.8) is 0 Å². The van der Waals surface area contributed by atoms with E-state index < -0.39 is 0 Å². The van der Waals surface area contributed by atoms with Crippen molar-refractivity contribution in [2.75, 3.05) is 4.90 Å². The van der Waals surface area contributed by atoms with Gasteiger partial charge in [-0.2, -0.15) is 0 Å². The first-order valence-electron chi connectivity index (χ1n) is 19.7. The molecule has 272 valence electrons. The van der Waals surface area contributed by atoms with Gasteiger partial charge in [0.15, 0.2) is 5.58 Å². The highest BCUT2D eigenvalue weighted by Gasteiger charge is 2.23. The summed E-state index contributed by atoms with van der Waals surface area (Å²) in [4.78, 5) is 7.58. The van der Waals surface area contributed by atoms with Crippen molar-refractivity contribution in [3.8, 4) is 44.8 Å². The third-order valence-corrected chi connectivity index (χ3v) is 11.3. The first-order valence-corrected chi connectivity index (χ1v) is 19.7. The Hall–Kier alpha value is -7.75. The molecular formula is C55H36N2O. The molecule has 0 aliphatic rings. The van der Waals surface area contributed by atoms with E-state index in [1.807, 2.05) is 6.07 Å². The molecular weight excluding hydrogens is 705 g/mol. The molecule has 0 fully saturated rings. The lowest BCUT2D eigenvalue weighted by Crippen LogP contribution is -2.12. The number of fused-ring (bicyclic) bond motifs is 5. The lowest BCUT2D eigenvalue weighted by atomic mass is 9.92. The fraction of sp³-hybridized carbons (Fsp3) is 0. The lowest BCUT2D eigenvalue weighted by molar-refractivity contribution is 0.620. The minimum atomic E-state index is 0.619. The summed E-state index contributed by atoms with van der Waals surface area (Å²) in [5.41, 5.74) is 12.8. The number of anilines is 3. The van der Waals surface area contributed by atoms with Crippen molar-refractivity contribution >= 4 is 60.5 Å². The maximum atomic E-state index is 6.46. The van der Waals surface area contributed by atoms with Crippen LogP contribution in [-0.2, 0) is 0 Å². The van der Waals surface area contributed by atoms with Crippen LogP contribution in [0.2, 0.25) is 0 Å². The molecule has 0 unspecified atom stereocenters. The second kappa shape index (κ2) is 14.1. The number of rotatable bonds is 7. The zero-order valence-electron chi connectivity index (χ0n) is 31.6. The van der Waals surface area contributed by atoms with Gasteiger partial charge in [0.05, 0.1) is 5.69 Å². The predicted molar refractivity (Wildman–Crippen MR) is 243 cm³/mol. The van der Waals surface area contributed by atoms with Gasteiger partial charge in [0.25, 0.3) is 0 Å². The number of nitrogens with zero attached hydrogens (tertiary/aromatic N) is 2. The summed E-state index contributed by atoms with van der Waals surface area (Å²) in [6.07, 6.45) is 0. The van der Waals surface area contributed by atoms with Crippen LogP contribution >= 0.6 is 0 Å². The van der Waals surface area contributed by atoms with Crippen molar-refractivity contribution < 1.29 is 4.42 Å². The Kier molecular flexibility index (Phi) is 8.15. The third-order valence-electron chi connectivity index (χ3n) is 11.3. The van der Waals surface area contributed by atoms with Crippen molar-refractivity contribution in [2.45, 2.75) is 0 Å². The van der Waals surface area contributed by atoms with Gasteiger partial charge in [0.2, 0.25) is 5.89 Å². The Morgan fingerprint density at radius 1 is 0.345 bits per heavy atom. The molecule has 0 radical (unpaired) electrons. The summed E-state index contributed by atoms with van der Waals surface area (Å²) in [6.45, 7) is 0. The summed E-state index contributed by atoms with van der Waals surface area (Å²) in [5, 5.41) is 6.85. The van der Waals surface area contributed by atoms with E-state index in [1.54, 1.807) is 0 Å². The summed E-state index contributed by atoms with van der Waals surface area (Å²) in [7, 11) is 0. The Balaban J connectivity index is 1.13. The Bertz CT molecular complexity index is 3280. The van der Waals surface area contributed by atoms with Gasteiger partial charge in [-0.25, -0.2) is 4.98 Å². The van der Waals surface area contributed by atoms with Crippen LogP contribution in [0.5, 0.6) is 0 Å². The average Bonchev–Trinajstić information content (AvgIpc) is 3.75. The molecule has 11 rings (SSSR count). The Morgan fingerprint density at radius 3 is 1.72 bits per heavy atom. The van der Waals surface area contributed by atoms with Gasteiger partial charge < -0.3 is 9.32 Å². The van der Waals surface area contributed by atoms with E-state index in [-0.39, 0.29) is 0 Å². The van der Waals surface area contributed by atoms with Gasteiger partial charge in [0, 0.05) is 33.3 Å². The van der Waals surface area contributed by atoms with Gasteiger partial charge in [-0.05, 0) is 97.9 Å². The maximum Gasteiger partial charge on any atom is 0.227 e. The van der Waals surface area contributed by atoms with E-state index in [0.29, 0.717) is 5.89 Å². The first-order chi connectivity index (χ1) is 28.7. The number of oxazole rings is 1. The second-order valence-electron chi connectivity index (χ2n) is 14.7. The molecule has 1 heterocycles. The van der Waals surface area contributed by atoms with Gasteiger partial charge >= 0.3 is 0 Å². The van der Waals surface area contributed by atoms with Crippen LogP contribution in [0.3, 0.4) is 0 Å². The average molecular weight is 741 g/mol. The summed E-state index contributed by atoms with van der Waals surface area (Å²) >= 11 is 0. The predicted octanol–water partition coefficient (Wildman–Crippen LogP) is 15.4. The van der Waals surface area contributed by atoms with E-state index in [4.69, 9.17) is 9.40 Å². The Morgan fingerprint density at radius 2 is 0.931 bits per heavy atom. The van der Waals surface area contributed by atoms with E-state index >= 15 is 0 Å². The van der Waals surface area contributed by atoms with E-state index in [2.05, 4.69) is 217 Å². The minimum Gasteiger partial charge on any atom is -0.436 e. The molecule has 1 aromatic heterocycles. The van der Waals surface area contributed by atoms with Crippen molar-refractivity contribution in [1.29, 1.82) is 0 Å². The van der Waals surface area contributed by atoms with Crippen LogP contribution in [0, 0.1) is 0 Å². The molecule has 3 nitrogen and oxygen atoms in total. The molecule has 58 heavy (non-hydrogen) atoms. The molecule has 0 aliphatic carbocycles. The number of aromatic nitrogens is 1. The topological polar surface area (TPSA) is 29.3 Å². The lowest BCUT2D eigenvalue weighted by Gasteiger charge is -2.30. The van der Waals surface area contributed by atoms with E-state index in [0.717, 1.165) is 66.4 Å². The molecule has 0 saturated carbocycles. The van der Waals surface area contributed by atoms with Crippen LogP contribution in [0.1, 0.15) is 0 Å². The second-order valence-corrected chi connectivity index (χ2v) is 14.7. The number of hydrogen-bond donors (Lipinski definition) is 0. The molecule has 3 heteroatoms. The van der Waals surface area contributed by atoms with Crippen LogP contribution < -0.4 is 4.90 Å². The highest BCUT2D eigenvalue weighted by atomic mass is 16.3. The van der Waals surface area contributed by atoms with Gasteiger partial charge in [-0.1, -0.05) is 170 Å². The van der Waals surface area contributed by atoms with Crippen LogP contribution in [0.25, 0.3) is 88.3 Å². The van der Waals surface area contributed by atoms with E-state index in [9.17, 15) is 0 Å². The fourth-order valence-electron chi connectivity index (χ4n) is 8.43. The smallest absolute Gasteiger partial charge is 0.227 e. The van der Waals surface area contributed by atoms with Crippen LogP contribution in [0.4, 0.5) is 17.1 Å². The molecule has 0 saturated heterocycles. The van der Waals surface area contributed by atoms with Gasteiger partial charge in [-0.15, -0.1) is 0 Å². The molecule has 0 N–H and O–H groups in total. The molecule has 11 aromatic rings. The summed E-state index contributed by atoms with van der Waals surface area (Å²) in [6, 6.07) is 77.9. The minimum absolute atomic E-state index is 0.619. The van der Waals surface area contributed by atoms with Crippen molar-refractivity contribution in [2.24, 2.45) is 0 Å². The molecule has 0 bridgehead atoms. The van der Waals surface area contributed by atoms with Gasteiger partial charge in [0.1, 0.15) is 5.52 Å². The number of para-hydroxylation sites is 1. The normalized spacial score (nSPS) is 11.4. The number of hydrogen-bond acceptors (Lipinski definition) is 3. The highest BCUT2D eigenvalue weighted by Crippen LogP contribution is 2.47. The SMILES string of the molecule is c1ccc(-c2ccc(N(c3ccccc3)c3c(-c4ccc5ccc6oc(-c7ccc8ccccc8c7)nc6c5c4)ccc4ccccc34)cc2-c2ccccc2)cc1. The largest absolute Gasteiger partial charge is 0.436 e. The third kappa shape index (κ3) is 5.89. The molecule has 0 atom stereocenters. The van der Waals surface area contributed by atoms with Crippen LogP contribution in [-0.4, -0.2) is 4.98 Å². The van der Waals surface area contributed by atoms with Gasteiger partial charge in [-0.3, -0.25) is 0 Å². The molecule has 0 aliphatic heterocycles. The summed E-state index contributed by atoms with van der Waals surface area (Å²) in [5.74, 6) is 0.619. The quantitative estimate of drug-likeness (QED) is 0.163. The maximum absolute atomic E-state index is 6.46. The highest BCUT2D eigenvalue weighted by molar-refractivity contribution is 6.10. The Labute approximate surface area is 336 Å². The van der Waals surface area contributed by atoms with Crippen molar-refractivity contribution in [1.82, 2.24) is 4.98 Å². The first kappa shape index (κ1) is 33.6. The molecule has 0 spiro atoms. The zero-order valence-corrected chi connectivity index (χ0v) is 31.6. The van der Waals surface area contributed by atoms with Crippen LogP contribution in [0.15, 0.2) is 223 Å².